The highest BCUT2D eigenvalue weighted by Crippen LogP contribution is 2.31. The predicted octanol–water partition coefficient (Wildman–Crippen LogP) is 3.19. The summed E-state index contributed by atoms with van der Waals surface area (Å²) in [4.78, 5) is 23.8. The normalized spacial score (nSPS) is 12.6. The van der Waals surface area contributed by atoms with Gasteiger partial charge in [0.1, 0.15) is 11.9 Å². The average Bonchev–Trinajstić information content (AvgIpc) is 2.72. The van der Waals surface area contributed by atoms with E-state index in [2.05, 4.69) is 5.32 Å². The van der Waals surface area contributed by atoms with E-state index in [0.29, 0.717) is 15.8 Å². The number of rotatable bonds is 4. The van der Waals surface area contributed by atoms with Crippen LogP contribution in [0.2, 0.25) is 0 Å². The lowest BCUT2D eigenvalue weighted by Crippen LogP contribution is -2.44. The third kappa shape index (κ3) is 3.05. The van der Waals surface area contributed by atoms with Gasteiger partial charge in [-0.15, -0.1) is 11.3 Å². The van der Waals surface area contributed by atoms with Gasteiger partial charge in [0.25, 0.3) is 5.91 Å². The minimum atomic E-state index is -1.07. The van der Waals surface area contributed by atoms with Crippen LogP contribution in [-0.2, 0) is 4.79 Å². The number of thiophene rings is 1. The SMILES string of the molecule is Cc1c(C(=O)NC(C(=O)O)C(C)C)sc2ccc(F)cc12. The maximum atomic E-state index is 13.3. The maximum absolute atomic E-state index is 13.3. The van der Waals surface area contributed by atoms with Crippen LogP contribution in [0.5, 0.6) is 0 Å². The summed E-state index contributed by atoms with van der Waals surface area (Å²) >= 11 is 1.23. The van der Waals surface area contributed by atoms with E-state index in [1.165, 1.54) is 23.5 Å². The van der Waals surface area contributed by atoms with Crippen molar-refractivity contribution in [3.05, 3.63) is 34.5 Å². The summed E-state index contributed by atoms with van der Waals surface area (Å²) in [6, 6.07) is 3.40. The molecule has 0 radical (unpaired) electrons. The van der Waals surface area contributed by atoms with Crippen molar-refractivity contribution in [1.29, 1.82) is 0 Å². The molecule has 1 aromatic heterocycles. The Morgan fingerprint density at radius 3 is 2.57 bits per heavy atom. The van der Waals surface area contributed by atoms with E-state index in [1.54, 1.807) is 26.8 Å². The number of hydrogen-bond donors (Lipinski definition) is 2. The van der Waals surface area contributed by atoms with Gasteiger partial charge in [-0.3, -0.25) is 4.79 Å². The molecule has 1 heterocycles. The van der Waals surface area contributed by atoms with Crippen LogP contribution < -0.4 is 5.32 Å². The Hall–Kier alpha value is -1.95. The van der Waals surface area contributed by atoms with Gasteiger partial charge in [-0.2, -0.15) is 0 Å². The lowest BCUT2D eigenvalue weighted by atomic mass is 10.0. The molecule has 1 atom stereocenters. The molecule has 0 spiro atoms. The Labute approximate surface area is 125 Å². The zero-order valence-corrected chi connectivity index (χ0v) is 12.8. The first-order valence-electron chi connectivity index (χ1n) is 6.53. The number of fused-ring (bicyclic) bond motifs is 1. The van der Waals surface area contributed by atoms with Crippen molar-refractivity contribution in [3.8, 4) is 0 Å². The minimum absolute atomic E-state index is 0.224. The highest BCUT2D eigenvalue weighted by Gasteiger charge is 2.25. The van der Waals surface area contributed by atoms with Crippen molar-refractivity contribution in [1.82, 2.24) is 5.32 Å². The van der Waals surface area contributed by atoms with E-state index in [-0.39, 0.29) is 11.7 Å². The fraction of sp³-hybridized carbons (Fsp3) is 0.333. The van der Waals surface area contributed by atoms with Crippen molar-refractivity contribution < 1.29 is 19.1 Å². The molecule has 0 aliphatic rings. The number of aliphatic carboxylic acids is 1. The molecule has 21 heavy (non-hydrogen) atoms. The van der Waals surface area contributed by atoms with Gasteiger partial charge in [0.05, 0.1) is 4.88 Å². The quantitative estimate of drug-likeness (QED) is 0.911. The Kier molecular flexibility index (Phi) is 4.27. The number of hydrogen-bond acceptors (Lipinski definition) is 3. The van der Waals surface area contributed by atoms with Gasteiger partial charge >= 0.3 is 5.97 Å². The van der Waals surface area contributed by atoms with Crippen molar-refractivity contribution in [2.24, 2.45) is 5.92 Å². The largest absolute Gasteiger partial charge is 0.480 e. The standard InChI is InChI=1S/C15H16FNO3S/c1-7(2)12(15(19)20)17-14(18)13-8(3)10-6-9(16)4-5-11(10)21-13/h4-7,12H,1-3H3,(H,17,18)(H,19,20). The number of aryl methyl sites for hydroxylation is 1. The van der Waals surface area contributed by atoms with Crippen molar-refractivity contribution in [2.45, 2.75) is 26.8 Å². The third-order valence-corrected chi connectivity index (χ3v) is 4.60. The van der Waals surface area contributed by atoms with Crippen LogP contribution in [0.15, 0.2) is 18.2 Å². The summed E-state index contributed by atoms with van der Waals surface area (Å²) in [6.07, 6.45) is 0. The van der Waals surface area contributed by atoms with Gasteiger partial charge in [0, 0.05) is 4.70 Å². The van der Waals surface area contributed by atoms with Crippen molar-refractivity contribution in [3.63, 3.8) is 0 Å². The molecule has 1 aromatic carbocycles. The van der Waals surface area contributed by atoms with E-state index in [9.17, 15) is 14.0 Å². The van der Waals surface area contributed by atoms with Crippen LogP contribution in [0.1, 0.15) is 29.1 Å². The molecule has 0 bridgehead atoms. The lowest BCUT2D eigenvalue weighted by molar-refractivity contribution is -0.140. The summed E-state index contributed by atoms with van der Waals surface area (Å²) in [5.41, 5.74) is 0.667. The number of carboxylic acids is 1. The average molecular weight is 309 g/mol. The van der Waals surface area contributed by atoms with Gasteiger partial charge in [0.15, 0.2) is 0 Å². The van der Waals surface area contributed by atoms with E-state index >= 15 is 0 Å². The van der Waals surface area contributed by atoms with Gasteiger partial charge in [-0.25, -0.2) is 9.18 Å². The molecule has 0 fully saturated rings. The van der Waals surface area contributed by atoms with Gasteiger partial charge in [-0.1, -0.05) is 13.8 Å². The van der Waals surface area contributed by atoms with E-state index < -0.39 is 17.9 Å². The molecular formula is C15H16FNO3S. The molecule has 0 saturated carbocycles. The molecule has 0 saturated heterocycles. The van der Waals surface area contributed by atoms with Crippen LogP contribution in [0.25, 0.3) is 10.1 Å². The Bertz CT molecular complexity index is 708. The lowest BCUT2D eigenvalue weighted by Gasteiger charge is -2.17. The number of nitrogens with one attached hydrogen (secondary N) is 1. The maximum Gasteiger partial charge on any atom is 0.326 e. The first kappa shape index (κ1) is 15.4. The number of carboxylic acid groups (broad SMARTS) is 1. The first-order valence-corrected chi connectivity index (χ1v) is 7.35. The van der Waals surface area contributed by atoms with Crippen LogP contribution in [0.3, 0.4) is 0 Å². The highest BCUT2D eigenvalue weighted by molar-refractivity contribution is 7.21. The van der Waals surface area contributed by atoms with Crippen molar-refractivity contribution >= 4 is 33.3 Å². The molecular weight excluding hydrogens is 293 g/mol. The minimum Gasteiger partial charge on any atom is -0.480 e. The molecule has 0 aliphatic carbocycles. The van der Waals surface area contributed by atoms with Crippen molar-refractivity contribution in [2.75, 3.05) is 0 Å². The molecule has 2 N–H and O–H groups in total. The Balaban J connectivity index is 2.35. The second-order valence-corrected chi connectivity index (χ2v) is 6.28. The summed E-state index contributed by atoms with van der Waals surface area (Å²) < 4.78 is 14.1. The fourth-order valence-corrected chi connectivity index (χ4v) is 3.22. The fourth-order valence-electron chi connectivity index (χ4n) is 2.13. The summed E-state index contributed by atoms with van der Waals surface area (Å²) in [5.74, 6) is -2.09. The number of carbonyl (C=O) groups is 2. The molecule has 2 aromatic rings. The number of carbonyl (C=O) groups excluding carboxylic acids is 1. The molecule has 6 heteroatoms. The molecule has 2 rings (SSSR count). The summed E-state index contributed by atoms with van der Waals surface area (Å²) in [5, 5.41) is 12.3. The number of benzene rings is 1. The van der Waals surface area contributed by atoms with Crippen LogP contribution in [0, 0.1) is 18.7 Å². The van der Waals surface area contributed by atoms with E-state index in [1.807, 2.05) is 0 Å². The predicted molar refractivity (Wildman–Crippen MR) is 80.2 cm³/mol. The number of halogens is 1. The monoisotopic (exact) mass is 309 g/mol. The Morgan fingerprint density at radius 2 is 2.00 bits per heavy atom. The summed E-state index contributed by atoms with van der Waals surface area (Å²) in [6.45, 7) is 5.19. The van der Waals surface area contributed by atoms with Gasteiger partial charge < -0.3 is 10.4 Å². The smallest absolute Gasteiger partial charge is 0.326 e. The van der Waals surface area contributed by atoms with Gasteiger partial charge in [-0.05, 0) is 42.0 Å². The second kappa shape index (κ2) is 5.81. The van der Waals surface area contributed by atoms with E-state index in [0.717, 1.165) is 4.70 Å². The first-order chi connectivity index (χ1) is 9.81. The van der Waals surface area contributed by atoms with Crippen LogP contribution in [-0.4, -0.2) is 23.0 Å². The molecule has 1 unspecified atom stereocenters. The molecule has 1 amide bonds. The molecule has 0 aliphatic heterocycles. The number of amides is 1. The second-order valence-electron chi connectivity index (χ2n) is 5.23. The summed E-state index contributed by atoms with van der Waals surface area (Å²) in [7, 11) is 0. The molecule has 4 nitrogen and oxygen atoms in total. The third-order valence-electron chi connectivity index (χ3n) is 3.32. The topological polar surface area (TPSA) is 66.4 Å². The highest BCUT2D eigenvalue weighted by atomic mass is 32.1. The zero-order valence-electron chi connectivity index (χ0n) is 11.9. The van der Waals surface area contributed by atoms with Crippen LogP contribution in [0.4, 0.5) is 4.39 Å². The zero-order chi connectivity index (χ0) is 15.7. The van der Waals surface area contributed by atoms with Gasteiger partial charge in [0.2, 0.25) is 0 Å². The Morgan fingerprint density at radius 1 is 1.33 bits per heavy atom. The van der Waals surface area contributed by atoms with E-state index in [4.69, 9.17) is 5.11 Å². The molecule has 112 valence electrons. The van der Waals surface area contributed by atoms with Crippen LogP contribution >= 0.6 is 11.3 Å².